The summed E-state index contributed by atoms with van der Waals surface area (Å²) in [7, 11) is 0. The van der Waals surface area contributed by atoms with Crippen LogP contribution in [0.4, 0.5) is 8.78 Å². The Labute approximate surface area is 171 Å². The molecule has 1 aromatic heterocycles. The maximum Gasteiger partial charge on any atom is 0.387 e. The van der Waals surface area contributed by atoms with Crippen LogP contribution in [-0.2, 0) is 9.53 Å². The van der Waals surface area contributed by atoms with Crippen molar-refractivity contribution in [2.45, 2.75) is 12.7 Å². The van der Waals surface area contributed by atoms with Gasteiger partial charge in [-0.1, -0.05) is 42.5 Å². The van der Waals surface area contributed by atoms with E-state index in [9.17, 15) is 18.4 Å². The Kier molecular flexibility index (Phi) is 7.05. The smallest absolute Gasteiger partial charge is 0.387 e. The number of amides is 1. The molecule has 0 unspecified atom stereocenters. The molecule has 6 nitrogen and oxygen atoms in total. The van der Waals surface area contributed by atoms with Gasteiger partial charge in [0, 0.05) is 12.4 Å². The quantitative estimate of drug-likeness (QED) is 0.571. The normalized spacial score (nSPS) is 11.6. The molecular weight excluding hydrogens is 394 g/mol. The minimum Gasteiger partial charge on any atom is -0.452 e. The first-order valence-corrected chi connectivity index (χ1v) is 8.99. The van der Waals surface area contributed by atoms with Crippen LogP contribution in [0.1, 0.15) is 27.5 Å². The third-order valence-electron chi connectivity index (χ3n) is 4.13. The maximum atomic E-state index is 12.4. The number of nitrogens with zero attached hydrogens (tertiary/aromatic N) is 1. The highest BCUT2D eigenvalue weighted by molar-refractivity contribution is 5.91. The Balaban J connectivity index is 1.70. The lowest BCUT2D eigenvalue weighted by molar-refractivity contribution is -0.124. The molecule has 0 fully saturated rings. The summed E-state index contributed by atoms with van der Waals surface area (Å²) < 4.78 is 34.1. The summed E-state index contributed by atoms with van der Waals surface area (Å²) in [5.74, 6) is -1.14. The second-order valence-corrected chi connectivity index (χ2v) is 6.17. The van der Waals surface area contributed by atoms with Gasteiger partial charge in [-0.05, 0) is 35.4 Å². The van der Waals surface area contributed by atoms with Gasteiger partial charge in [-0.15, -0.1) is 0 Å². The van der Waals surface area contributed by atoms with Crippen LogP contribution in [-0.4, -0.2) is 30.1 Å². The molecule has 3 aromatic rings. The molecule has 0 saturated heterocycles. The highest BCUT2D eigenvalue weighted by Gasteiger charge is 2.18. The van der Waals surface area contributed by atoms with Gasteiger partial charge < -0.3 is 14.8 Å². The van der Waals surface area contributed by atoms with Crippen LogP contribution in [0.15, 0.2) is 79.1 Å². The average Bonchev–Trinajstić information content (AvgIpc) is 2.77. The molecule has 2 aromatic carbocycles. The number of benzene rings is 2. The molecular formula is C22H18F2N2O4. The number of ether oxygens (including phenoxy) is 2. The van der Waals surface area contributed by atoms with Crippen molar-refractivity contribution in [3.05, 3.63) is 95.8 Å². The fourth-order valence-corrected chi connectivity index (χ4v) is 2.75. The SMILES string of the molecule is O=C(COC(=O)c1ccncc1)N[C@H](c1ccccc1)c1ccc(OC(F)F)cc1. The van der Waals surface area contributed by atoms with Crippen molar-refractivity contribution in [1.82, 2.24) is 10.3 Å². The molecule has 8 heteroatoms. The van der Waals surface area contributed by atoms with E-state index in [2.05, 4.69) is 15.0 Å². The summed E-state index contributed by atoms with van der Waals surface area (Å²) >= 11 is 0. The van der Waals surface area contributed by atoms with Gasteiger partial charge in [0.1, 0.15) is 5.75 Å². The van der Waals surface area contributed by atoms with Crippen molar-refractivity contribution >= 4 is 11.9 Å². The van der Waals surface area contributed by atoms with E-state index in [0.29, 0.717) is 5.56 Å². The Bertz CT molecular complexity index is 967. The highest BCUT2D eigenvalue weighted by Crippen LogP contribution is 2.24. The fourth-order valence-electron chi connectivity index (χ4n) is 2.75. The molecule has 1 amide bonds. The minimum absolute atomic E-state index is 0.0122. The van der Waals surface area contributed by atoms with Crippen molar-refractivity contribution in [3.63, 3.8) is 0 Å². The fraction of sp³-hybridized carbons (Fsp3) is 0.136. The van der Waals surface area contributed by atoms with Gasteiger partial charge in [0.2, 0.25) is 0 Å². The largest absolute Gasteiger partial charge is 0.452 e. The summed E-state index contributed by atoms with van der Waals surface area (Å²) in [6.45, 7) is -3.40. The molecule has 0 aliphatic heterocycles. The van der Waals surface area contributed by atoms with Crippen LogP contribution in [0.3, 0.4) is 0 Å². The minimum atomic E-state index is -2.92. The number of carbonyl (C=O) groups is 2. The number of carbonyl (C=O) groups excluding carboxylic acids is 2. The third kappa shape index (κ3) is 5.84. The standard InChI is InChI=1S/C22H18F2N2O4/c23-22(24)30-18-8-6-16(7-9-18)20(15-4-2-1-3-5-15)26-19(27)14-29-21(28)17-10-12-25-13-11-17/h1-13,20,22H,14H2,(H,26,27)/t20-/m1/s1. The number of esters is 1. The van der Waals surface area contributed by atoms with E-state index in [1.54, 1.807) is 12.1 Å². The summed E-state index contributed by atoms with van der Waals surface area (Å²) in [6, 6.07) is 17.4. The highest BCUT2D eigenvalue weighted by atomic mass is 19.3. The first-order valence-electron chi connectivity index (χ1n) is 8.99. The summed E-state index contributed by atoms with van der Waals surface area (Å²) in [4.78, 5) is 28.2. The lowest BCUT2D eigenvalue weighted by Crippen LogP contribution is -2.33. The Hall–Kier alpha value is -3.81. The Morgan fingerprint density at radius 1 is 0.900 bits per heavy atom. The van der Waals surface area contributed by atoms with Gasteiger partial charge in [-0.2, -0.15) is 8.78 Å². The van der Waals surface area contributed by atoms with Crippen LogP contribution < -0.4 is 10.1 Å². The van der Waals surface area contributed by atoms with Crippen molar-refractivity contribution in [2.24, 2.45) is 0 Å². The first-order chi connectivity index (χ1) is 14.5. The van der Waals surface area contributed by atoms with Crippen LogP contribution in [0, 0.1) is 0 Å². The van der Waals surface area contributed by atoms with Gasteiger partial charge in [0.25, 0.3) is 5.91 Å². The zero-order valence-corrected chi connectivity index (χ0v) is 15.7. The number of nitrogens with one attached hydrogen (secondary N) is 1. The topological polar surface area (TPSA) is 77.5 Å². The molecule has 1 heterocycles. The van der Waals surface area contributed by atoms with Gasteiger partial charge in [0.15, 0.2) is 6.61 Å². The first kappa shape index (κ1) is 20.9. The Morgan fingerprint density at radius 3 is 2.17 bits per heavy atom. The second-order valence-electron chi connectivity index (χ2n) is 6.17. The van der Waals surface area contributed by atoms with Crippen molar-refractivity contribution in [2.75, 3.05) is 6.61 Å². The Morgan fingerprint density at radius 2 is 1.53 bits per heavy atom. The number of hydrogen-bond donors (Lipinski definition) is 1. The number of pyridine rings is 1. The van der Waals surface area contributed by atoms with Gasteiger partial charge >= 0.3 is 12.6 Å². The summed E-state index contributed by atoms with van der Waals surface area (Å²) in [5.41, 5.74) is 1.71. The summed E-state index contributed by atoms with van der Waals surface area (Å²) in [5, 5.41) is 2.80. The number of halogens is 2. The predicted molar refractivity (Wildman–Crippen MR) is 104 cm³/mol. The predicted octanol–water partition coefficient (Wildman–Crippen LogP) is 3.75. The molecule has 154 valence electrons. The van der Waals surface area contributed by atoms with Gasteiger partial charge in [0.05, 0.1) is 11.6 Å². The van der Waals surface area contributed by atoms with E-state index in [4.69, 9.17) is 4.74 Å². The van der Waals surface area contributed by atoms with Crippen molar-refractivity contribution in [1.29, 1.82) is 0 Å². The van der Waals surface area contributed by atoms with Gasteiger partial charge in [-0.25, -0.2) is 4.79 Å². The van der Waals surface area contributed by atoms with E-state index in [0.717, 1.165) is 5.56 Å². The number of aromatic nitrogens is 1. The molecule has 1 atom stereocenters. The van der Waals surface area contributed by atoms with Crippen LogP contribution in [0.2, 0.25) is 0 Å². The van der Waals surface area contributed by atoms with E-state index in [1.807, 2.05) is 30.3 Å². The lowest BCUT2D eigenvalue weighted by Gasteiger charge is -2.20. The van der Waals surface area contributed by atoms with Crippen molar-refractivity contribution in [3.8, 4) is 5.75 Å². The van der Waals surface area contributed by atoms with E-state index >= 15 is 0 Å². The molecule has 0 aliphatic rings. The van der Waals surface area contributed by atoms with Crippen LogP contribution >= 0.6 is 0 Å². The molecule has 1 N–H and O–H groups in total. The van der Waals surface area contributed by atoms with Gasteiger partial charge in [-0.3, -0.25) is 9.78 Å². The van der Waals surface area contributed by atoms with E-state index < -0.39 is 31.1 Å². The number of rotatable bonds is 8. The molecule has 30 heavy (non-hydrogen) atoms. The average molecular weight is 412 g/mol. The third-order valence-corrected chi connectivity index (χ3v) is 4.13. The second kappa shape index (κ2) is 10.1. The number of alkyl halides is 2. The lowest BCUT2D eigenvalue weighted by atomic mass is 9.98. The molecule has 0 saturated carbocycles. The zero-order chi connectivity index (χ0) is 21.3. The number of hydrogen-bond acceptors (Lipinski definition) is 5. The monoisotopic (exact) mass is 412 g/mol. The van der Waals surface area contributed by atoms with E-state index in [-0.39, 0.29) is 11.3 Å². The maximum absolute atomic E-state index is 12.4. The molecule has 3 rings (SSSR count). The summed E-state index contributed by atoms with van der Waals surface area (Å²) in [6.07, 6.45) is 2.90. The molecule has 0 bridgehead atoms. The van der Waals surface area contributed by atoms with Crippen molar-refractivity contribution < 1.29 is 27.8 Å². The molecule has 0 radical (unpaired) electrons. The molecule has 0 aliphatic carbocycles. The molecule has 0 spiro atoms. The van der Waals surface area contributed by atoms with Crippen LogP contribution in [0.25, 0.3) is 0 Å². The van der Waals surface area contributed by atoms with E-state index in [1.165, 1.54) is 36.7 Å². The zero-order valence-electron chi connectivity index (χ0n) is 15.7. The van der Waals surface area contributed by atoms with Crippen LogP contribution in [0.5, 0.6) is 5.75 Å².